The summed E-state index contributed by atoms with van der Waals surface area (Å²) in [6.07, 6.45) is 1.36. The molecule has 3 N–H and O–H groups in total. The third-order valence-electron chi connectivity index (χ3n) is 8.36. The number of carbonyl (C=O) groups is 4. The van der Waals surface area contributed by atoms with E-state index in [1.807, 2.05) is 0 Å². The van der Waals surface area contributed by atoms with E-state index in [2.05, 4.69) is 10.6 Å². The van der Waals surface area contributed by atoms with Crippen LogP contribution in [-0.2, 0) is 16.1 Å². The number of Topliss-reactive ketones (excluding diaryl/α,β-unsaturated/α-hetero) is 1. The Morgan fingerprint density at radius 3 is 2.47 bits per heavy atom. The van der Waals surface area contributed by atoms with Gasteiger partial charge in [-0.05, 0) is 50.6 Å². The van der Waals surface area contributed by atoms with Crippen LogP contribution in [0.1, 0.15) is 37.0 Å². The highest BCUT2D eigenvalue weighted by molar-refractivity contribution is 6.33. The van der Waals surface area contributed by atoms with Gasteiger partial charge in [0.15, 0.2) is 11.6 Å². The van der Waals surface area contributed by atoms with Gasteiger partial charge in [-0.2, -0.15) is 0 Å². The van der Waals surface area contributed by atoms with E-state index in [1.165, 1.54) is 42.0 Å². The molecule has 5 rings (SSSR count). The van der Waals surface area contributed by atoms with Crippen LogP contribution < -0.4 is 10.6 Å². The lowest BCUT2D eigenvalue weighted by atomic mass is 10.0. The number of amides is 4. The molecule has 0 saturated carbocycles. The van der Waals surface area contributed by atoms with Gasteiger partial charge in [-0.25, -0.2) is 18.0 Å². The Labute approximate surface area is 285 Å². The van der Waals surface area contributed by atoms with Crippen molar-refractivity contribution in [1.82, 2.24) is 14.4 Å². The lowest BCUT2D eigenvalue weighted by Crippen LogP contribution is -2.47. The number of ketones is 1. The van der Waals surface area contributed by atoms with Crippen molar-refractivity contribution in [3.8, 4) is 11.1 Å². The van der Waals surface area contributed by atoms with Gasteiger partial charge in [0, 0.05) is 57.5 Å². The molecule has 3 aromatic carbocycles. The van der Waals surface area contributed by atoms with Crippen LogP contribution in [-0.4, -0.2) is 81.3 Å². The second-order valence-corrected chi connectivity index (χ2v) is 12.4. The molecule has 1 aliphatic heterocycles. The van der Waals surface area contributed by atoms with Crippen molar-refractivity contribution < 1.29 is 37.5 Å². The Balaban J connectivity index is 1.33. The highest BCUT2D eigenvalue weighted by atomic mass is 35.5. The fraction of sp³-hybridized carbons (Fsp3) is 0.314. The third-order valence-corrected chi connectivity index (χ3v) is 8.69. The van der Waals surface area contributed by atoms with Crippen molar-refractivity contribution in [2.75, 3.05) is 36.9 Å². The third kappa shape index (κ3) is 8.06. The molecule has 1 aliphatic rings. The molecule has 10 nitrogen and oxygen atoms in total. The highest BCUT2D eigenvalue weighted by Crippen LogP contribution is 2.33. The normalized spacial score (nSPS) is 14.7. The number of aliphatic hydroxyl groups is 1. The summed E-state index contributed by atoms with van der Waals surface area (Å²) in [4.78, 5) is 54.2. The average Bonchev–Trinajstić information content (AvgIpc) is 3.41. The Morgan fingerprint density at radius 1 is 1.04 bits per heavy atom. The smallest absolute Gasteiger partial charge is 0.322 e. The van der Waals surface area contributed by atoms with Crippen molar-refractivity contribution in [2.45, 2.75) is 45.2 Å². The number of alkyl halides is 2. The summed E-state index contributed by atoms with van der Waals surface area (Å²) in [5.41, 5.74) is 1.48. The number of rotatable bonds is 10. The van der Waals surface area contributed by atoms with Gasteiger partial charge in [-0.15, -0.1) is 0 Å². The summed E-state index contributed by atoms with van der Waals surface area (Å²) >= 11 is 6.25. The Kier molecular flexibility index (Phi) is 10.6. The van der Waals surface area contributed by atoms with Crippen molar-refractivity contribution in [3.63, 3.8) is 0 Å². The van der Waals surface area contributed by atoms with Crippen molar-refractivity contribution >= 4 is 57.5 Å². The Hall–Kier alpha value is -4.88. The van der Waals surface area contributed by atoms with E-state index in [4.69, 9.17) is 11.6 Å². The number of hydrogen-bond acceptors (Lipinski definition) is 5. The van der Waals surface area contributed by atoms with Crippen LogP contribution in [0.15, 0.2) is 66.9 Å². The minimum atomic E-state index is -2.97. The van der Waals surface area contributed by atoms with Gasteiger partial charge in [-0.1, -0.05) is 41.9 Å². The number of benzene rings is 3. The first-order valence-corrected chi connectivity index (χ1v) is 16.0. The first-order chi connectivity index (χ1) is 23.3. The number of carbonyl (C=O) groups excluding carboxylic acids is 4. The van der Waals surface area contributed by atoms with Crippen LogP contribution in [0.25, 0.3) is 22.0 Å². The molecule has 4 amide bonds. The first kappa shape index (κ1) is 35.4. The fourth-order valence-electron chi connectivity index (χ4n) is 5.81. The molecule has 4 aromatic rings. The molecule has 1 aromatic heterocycles. The molecule has 0 spiro atoms. The van der Waals surface area contributed by atoms with E-state index in [0.717, 1.165) is 9.80 Å². The maximum Gasteiger partial charge on any atom is 0.322 e. The molecule has 14 heteroatoms. The maximum atomic E-state index is 15.5. The summed E-state index contributed by atoms with van der Waals surface area (Å²) in [6, 6.07) is 14.3. The number of urea groups is 1. The summed E-state index contributed by atoms with van der Waals surface area (Å²) in [5, 5.41) is 15.8. The number of aliphatic hydroxyl groups excluding tert-OH is 1. The fourth-order valence-corrected chi connectivity index (χ4v) is 6.05. The number of halogens is 4. The zero-order valence-corrected chi connectivity index (χ0v) is 27.6. The zero-order chi connectivity index (χ0) is 35.5. The Bertz CT molecular complexity index is 1920. The van der Waals surface area contributed by atoms with Crippen LogP contribution >= 0.6 is 11.6 Å². The monoisotopic (exact) mass is 697 g/mol. The van der Waals surface area contributed by atoms with E-state index >= 15 is 4.39 Å². The molecule has 1 atom stereocenters. The van der Waals surface area contributed by atoms with Crippen LogP contribution in [0.4, 0.5) is 29.3 Å². The second-order valence-electron chi connectivity index (χ2n) is 12.0. The predicted octanol–water partition coefficient (Wildman–Crippen LogP) is 6.41. The number of nitrogens with one attached hydrogen (secondary N) is 2. The molecule has 0 radical (unpaired) electrons. The summed E-state index contributed by atoms with van der Waals surface area (Å²) in [6.45, 7) is 1.08. The predicted molar refractivity (Wildman–Crippen MR) is 180 cm³/mol. The van der Waals surface area contributed by atoms with Gasteiger partial charge in [0.25, 0.3) is 5.92 Å². The summed E-state index contributed by atoms with van der Waals surface area (Å²) < 4.78 is 44.7. The average molecular weight is 698 g/mol. The number of fused-ring (bicyclic) bond motifs is 1. The molecule has 258 valence electrons. The van der Waals surface area contributed by atoms with Crippen molar-refractivity contribution in [1.29, 1.82) is 0 Å². The molecular formula is C35H35ClF3N5O5. The maximum absolute atomic E-state index is 15.5. The van der Waals surface area contributed by atoms with E-state index in [9.17, 15) is 33.1 Å². The quantitative estimate of drug-likeness (QED) is 0.165. The van der Waals surface area contributed by atoms with Gasteiger partial charge >= 0.3 is 6.03 Å². The lowest BCUT2D eigenvalue weighted by molar-refractivity contribution is -0.138. The van der Waals surface area contributed by atoms with Gasteiger partial charge in [-0.3, -0.25) is 14.4 Å². The molecule has 1 unspecified atom stereocenters. The largest absolute Gasteiger partial charge is 0.394 e. The topological polar surface area (TPSA) is 124 Å². The van der Waals surface area contributed by atoms with E-state index in [1.54, 1.807) is 43.3 Å². The van der Waals surface area contributed by atoms with E-state index < -0.39 is 55.3 Å². The number of likely N-dealkylation sites (tertiary alicyclic amines) is 1. The molecular weight excluding hydrogens is 663 g/mol. The number of anilines is 2. The highest BCUT2D eigenvalue weighted by Gasteiger charge is 2.37. The Morgan fingerprint density at radius 2 is 1.78 bits per heavy atom. The van der Waals surface area contributed by atoms with Crippen molar-refractivity contribution in [2.24, 2.45) is 0 Å². The van der Waals surface area contributed by atoms with Crippen LogP contribution in [0.3, 0.4) is 0 Å². The van der Waals surface area contributed by atoms with Gasteiger partial charge < -0.3 is 30.1 Å². The zero-order valence-electron chi connectivity index (χ0n) is 26.8. The number of nitrogens with zero attached hydrogens (tertiary/aromatic N) is 3. The second kappa shape index (κ2) is 14.7. The van der Waals surface area contributed by atoms with Crippen LogP contribution in [0.5, 0.6) is 0 Å². The number of hydrogen-bond donors (Lipinski definition) is 3. The standard InChI is InChI=1S/C35H35ClF3N5O5/c1-21(19-45)44(17-31(47)41-29-10-5-8-25(33(29)37)24-7-3-4-9-28(24)36)32(48)18-43-16-27(22(2)46)26-15-23(11-12-30(26)43)40-34(49)42-14-6-13-35(38,39)20-42/h3-5,7-12,15-16,21,45H,6,13-14,17-20H2,1-2H3,(H,40,49)(H,41,47). The molecule has 0 aliphatic carbocycles. The minimum Gasteiger partial charge on any atom is -0.394 e. The summed E-state index contributed by atoms with van der Waals surface area (Å²) in [7, 11) is 0. The molecule has 2 heterocycles. The molecule has 0 bridgehead atoms. The molecule has 49 heavy (non-hydrogen) atoms. The number of piperidine rings is 1. The van der Waals surface area contributed by atoms with Gasteiger partial charge in [0.05, 0.1) is 24.9 Å². The lowest BCUT2D eigenvalue weighted by Gasteiger charge is -2.32. The SMILES string of the molecule is CC(=O)c1cn(CC(=O)N(CC(=O)Nc2cccc(-c3ccccc3Cl)c2F)C(C)CO)c2ccc(NC(=O)N3CCCC(F)(F)C3)cc12. The first-order valence-electron chi connectivity index (χ1n) is 15.6. The molecule has 1 saturated heterocycles. The number of aromatic nitrogens is 1. The van der Waals surface area contributed by atoms with Crippen LogP contribution in [0, 0.1) is 5.82 Å². The molecule has 1 fully saturated rings. The minimum absolute atomic E-state index is 0.120. The van der Waals surface area contributed by atoms with Crippen LogP contribution in [0.2, 0.25) is 5.02 Å². The van der Waals surface area contributed by atoms with E-state index in [0.29, 0.717) is 21.5 Å². The van der Waals surface area contributed by atoms with Gasteiger partial charge in [0.2, 0.25) is 11.8 Å². The summed E-state index contributed by atoms with van der Waals surface area (Å²) in [5.74, 6) is -5.28. The van der Waals surface area contributed by atoms with Crippen molar-refractivity contribution in [3.05, 3.63) is 83.3 Å². The van der Waals surface area contributed by atoms with Gasteiger partial charge in [0.1, 0.15) is 13.1 Å². The van der Waals surface area contributed by atoms with E-state index in [-0.39, 0.29) is 54.2 Å².